The standard InChI is InChI=1S/C15H20N6O/c22-15(12-21-13-16-17-18-21)20-10-8-19(9-11-20)7-6-14-4-2-1-3-5-14/h1-5,13H,6-12H2. The first kappa shape index (κ1) is 14.6. The molecule has 0 spiro atoms. The summed E-state index contributed by atoms with van der Waals surface area (Å²) in [6.45, 7) is 4.66. The number of benzene rings is 1. The number of hydrogen-bond acceptors (Lipinski definition) is 5. The first-order valence-corrected chi connectivity index (χ1v) is 7.56. The number of carbonyl (C=O) groups excluding carboxylic acids is 1. The van der Waals surface area contributed by atoms with E-state index in [9.17, 15) is 4.79 Å². The average Bonchev–Trinajstić information content (AvgIpc) is 3.07. The van der Waals surface area contributed by atoms with Gasteiger partial charge >= 0.3 is 0 Å². The molecule has 116 valence electrons. The van der Waals surface area contributed by atoms with Gasteiger partial charge in [-0.15, -0.1) is 5.10 Å². The van der Waals surface area contributed by atoms with E-state index in [1.54, 1.807) is 0 Å². The number of tetrazole rings is 1. The Morgan fingerprint density at radius 3 is 2.55 bits per heavy atom. The lowest BCUT2D eigenvalue weighted by atomic mass is 10.1. The van der Waals surface area contributed by atoms with Gasteiger partial charge in [0.05, 0.1) is 0 Å². The van der Waals surface area contributed by atoms with Crippen LogP contribution in [0.2, 0.25) is 0 Å². The third-order valence-electron chi connectivity index (χ3n) is 3.97. The lowest BCUT2D eigenvalue weighted by Crippen LogP contribution is -2.49. The van der Waals surface area contributed by atoms with E-state index in [1.165, 1.54) is 16.6 Å². The van der Waals surface area contributed by atoms with Gasteiger partial charge in [-0.05, 0) is 22.4 Å². The van der Waals surface area contributed by atoms with Crippen molar-refractivity contribution in [1.29, 1.82) is 0 Å². The topological polar surface area (TPSA) is 67.2 Å². The van der Waals surface area contributed by atoms with E-state index in [0.717, 1.165) is 39.1 Å². The highest BCUT2D eigenvalue weighted by Crippen LogP contribution is 2.06. The van der Waals surface area contributed by atoms with Gasteiger partial charge < -0.3 is 4.90 Å². The molecule has 2 aromatic rings. The summed E-state index contributed by atoms with van der Waals surface area (Å²) in [7, 11) is 0. The molecule has 1 aliphatic rings. The van der Waals surface area contributed by atoms with Crippen LogP contribution in [0.25, 0.3) is 0 Å². The first-order valence-electron chi connectivity index (χ1n) is 7.56. The van der Waals surface area contributed by atoms with E-state index in [1.807, 2.05) is 11.0 Å². The smallest absolute Gasteiger partial charge is 0.244 e. The summed E-state index contributed by atoms with van der Waals surface area (Å²) < 4.78 is 1.46. The maximum Gasteiger partial charge on any atom is 0.244 e. The van der Waals surface area contributed by atoms with Gasteiger partial charge in [0.2, 0.25) is 5.91 Å². The summed E-state index contributed by atoms with van der Waals surface area (Å²) in [5.41, 5.74) is 1.36. The Morgan fingerprint density at radius 1 is 1.09 bits per heavy atom. The van der Waals surface area contributed by atoms with E-state index >= 15 is 0 Å². The minimum absolute atomic E-state index is 0.0787. The SMILES string of the molecule is O=C(Cn1cnnn1)N1CCN(CCc2ccccc2)CC1. The van der Waals surface area contributed by atoms with Crippen molar-refractivity contribution in [2.45, 2.75) is 13.0 Å². The normalized spacial score (nSPS) is 15.9. The molecule has 7 nitrogen and oxygen atoms in total. The van der Waals surface area contributed by atoms with Gasteiger partial charge in [0.15, 0.2) is 0 Å². The van der Waals surface area contributed by atoms with Gasteiger partial charge in [-0.2, -0.15) is 0 Å². The van der Waals surface area contributed by atoms with E-state index in [0.29, 0.717) is 0 Å². The summed E-state index contributed by atoms with van der Waals surface area (Å²) >= 11 is 0. The fourth-order valence-electron chi connectivity index (χ4n) is 2.64. The van der Waals surface area contributed by atoms with Crippen molar-refractivity contribution in [3.05, 3.63) is 42.2 Å². The summed E-state index contributed by atoms with van der Waals surface area (Å²) in [4.78, 5) is 16.4. The highest BCUT2D eigenvalue weighted by molar-refractivity contribution is 5.75. The van der Waals surface area contributed by atoms with Crippen LogP contribution in [0.15, 0.2) is 36.7 Å². The van der Waals surface area contributed by atoms with E-state index in [2.05, 4.69) is 44.7 Å². The van der Waals surface area contributed by atoms with Crippen LogP contribution in [0.4, 0.5) is 0 Å². The molecule has 0 aliphatic carbocycles. The molecule has 7 heteroatoms. The fraction of sp³-hybridized carbons (Fsp3) is 0.467. The molecule has 1 fully saturated rings. The van der Waals surface area contributed by atoms with Gasteiger partial charge in [0, 0.05) is 32.7 Å². The number of carbonyl (C=O) groups is 1. The molecule has 3 rings (SSSR count). The molecule has 22 heavy (non-hydrogen) atoms. The third-order valence-corrected chi connectivity index (χ3v) is 3.97. The highest BCUT2D eigenvalue weighted by atomic mass is 16.2. The second-order valence-corrected chi connectivity index (χ2v) is 5.47. The Morgan fingerprint density at radius 2 is 1.86 bits per heavy atom. The Balaban J connectivity index is 1.41. The summed E-state index contributed by atoms with van der Waals surface area (Å²) in [6.07, 6.45) is 2.52. The lowest BCUT2D eigenvalue weighted by molar-refractivity contribution is -0.133. The van der Waals surface area contributed by atoms with Crippen LogP contribution in [-0.2, 0) is 17.8 Å². The van der Waals surface area contributed by atoms with Crippen LogP contribution in [0.5, 0.6) is 0 Å². The van der Waals surface area contributed by atoms with Gasteiger partial charge in [0.25, 0.3) is 0 Å². The molecule has 0 atom stereocenters. The van der Waals surface area contributed by atoms with Gasteiger partial charge in [-0.3, -0.25) is 9.69 Å². The van der Waals surface area contributed by atoms with E-state index in [-0.39, 0.29) is 12.5 Å². The zero-order valence-electron chi connectivity index (χ0n) is 12.5. The third kappa shape index (κ3) is 3.88. The Kier molecular flexibility index (Phi) is 4.75. The molecular weight excluding hydrogens is 280 g/mol. The molecule has 0 bridgehead atoms. The molecule has 0 radical (unpaired) electrons. The second-order valence-electron chi connectivity index (χ2n) is 5.47. The molecule has 1 aromatic heterocycles. The van der Waals surface area contributed by atoms with Crippen molar-refractivity contribution in [2.75, 3.05) is 32.7 Å². The first-order chi connectivity index (χ1) is 10.8. The minimum Gasteiger partial charge on any atom is -0.339 e. The molecule has 1 amide bonds. The highest BCUT2D eigenvalue weighted by Gasteiger charge is 2.21. The molecule has 1 aromatic carbocycles. The Labute approximate surface area is 129 Å². The molecule has 0 saturated carbocycles. The average molecular weight is 300 g/mol. The number of nitrogens with zero attached hydrogens (tertiary/aromatic N) is 6. The minimum atomic E-state index is 0.0787. The number of rotatable bonds is 5. The van der Waals surface area contributed by atoms with Crippen LogP contribution in [-0.4, -0.2) is 68.6 Å². The number of amides is 1. The fourth-order valence-corrected chi connectivity index (χ4v) is 2.64. The maximum absolute atomic E-state index is 12.1. The molecule has 0 unspecified atom stereocenters. The van der Waals surface area contributed by atoms with Crippen molar-refractivity contribution >= 4 is 5.91 Å². The van der Waals surface area contributed by atoms with Crippen LogP contribution >= 0.6 is 0 Å². The molecule has 0 N–H and O–H groups in total. The lowest BCUT2D eigenvalue weighted by Gasteiger charge is -2.34. The monoisotopic (exact) mass is 300 g/mol. The second kappa shape index (κ2) is 7.13. The predicted molar refractivity (Wildman–Crippen MR) is 81.0 cm³/mol. The molecule has 1 saturated heterocycles. The van der Waals surface area contributed by atoms with Crippen molar-refractivity contribution in [3.63, 3.8) is 0 Å². The largest absolute Gasteiger partial charge is 0.339 e. The summed E-state index contributed by atoms with van der Waals surface area (Å²) in [6, 6.07) is 10.5. The number of hydrogen-bond donors (Lipinski definition) is 0. The van der Waals surface area contributed by atoms with Crippen LogP contribution in [0, 0.1) is 0 Å². The zero-order valence-corrected chi connectivity index (χ0v) is 12.5. The van der Waals surface area contributed by atoms with Crippen LogP contribution < -0.4 is 0 Å². The van der Waals surface area contributed by atoms with Crippen LogP contribution in [0.1, 0.15) is 5.56 Å². The van der Waals surface area contributed by atoms with Gasteiger partial charge in [0.1, 0.15) is 12.9 Å². The Bertz CT molecular complexity index is 577. The van der Waals surface area contributed by atoms with Crippen molar-refractivity contribution in [2.24, 2.45) is 0 Å². The Hall–Kier alpha value is -2.28. The van der Waals surface area contributed by atoms with E-state index < -0.39 is 0 Å². The predicted octanol–water partition coefficient (Wildman–Crippen LogP) is 0.0600. The van der Waals surface area contributed by atoms with Crippen molar-refractivity contribution in [1.82, 2.24) is 30.0 Å². The van der Waals surface area contributed by atoms with Crippen molar-refractivity contribution < 1.29 is 4.79 Å². The summed E-state index contributed by atoms with van der Waals surface area (Å²) in [5.74, 6) is 0.0787. The maximum atomic E-state index is 12.1. The quantitative estimate of drug-likeness (QED) is 0.781. The zero-order chi connectivity index (χ0) is 15.2. The van der Waals surface area contributed by atoms with E-state index in [4.69, 9.17) is 0 Å². The molecular formula is C15H20N6O. The van der Waals surface area contributed by atoms with Gasteiger partial charge in [-0.25, -0.2) is 4.68 Å². The number of aromatic nitrogens is 4. The van der Waals surface area contributed by atoms with Crippen LogP contribution in [0.3, 0.4) is 0 Å². The molecule has 2 heterocycles. The summed E-state index contributed by atoms with van der Waals surface area (Å²) in [5, 5.41) is 10.8. The van der Waals surface area contributed by atoms with Crippen molar-refractivity contribution in [3.8, 4) is 0 Å². The number of piperazine rings is 1. The molecule has 1 aliphatic heterocycles. The van der Waals surface area contributed by atoms with Gasteiger partial charge in [-0.1, -0.05) is 30.3 Å².